The maximum Gasteiger partial charge on any atom is 0.313 e. The lowest BCUT2D eigenvalue weighted by Gasteiger charge is -2.34. The van der Waals surface area contributed by atoms with Gasteiger partial charge in [0.2, 0.25) is 0 Å². The molecule has 168 valence electrons. The molecule has 1 heterocycles. The van der Waals surface area contributed by atoms with Gasteiger partial charge in [0.15, 0.2) is 6.61 Å². The van der Waals surface area contributed by atoms with Crippen molar-refractivity contribution in [1.29, 1.82) is 0 Å². The number of carbonyl (C=O) groups excluding carboxylic acids is 2. The highest BCUT2D eigenvalue weighted by Crippen LogP contribution is 2.41. The van der Waals surface area contributed by atoms with E-state index in [0.717, 1.165) is 58.6 Å². The molecule has 1 N–H and O–H groups in total. The predicted octanol–water partition coefficient (Wildman–Crippen LogP) is 4.66. The summed E-state index contributed by atoms with van der Waals surface area (Å²) in [5.74, 6) is 0.136. The van der Waals surface area contributed by atoms with Crippen LogP contribution in [0.4, 0.5) is 0 Å². The molecule has 0 spiro atoms. The average Bonchev–Trinajstić information content (AvgIpc) is 3.24. The molecular formula is C25H28N2O4S. The Morgan fingerprint density at radius 1 is 1.09 bits per heavy atom. The first kappa shape index (κ1) is 22.3. The Kier molecular flexibility index (Phi) is 7.05. The van der Waals surface area contributed by atoms with Gasteiger partial charge in [-0.2, -0.15) is 0 Å². The number of para-hydroxylation sites is 1. The van der Waals surface area contributed by atoms with Gasteiger partial charge < -0.3 is 14.8 Å². The van der Waals surface area contributed by atoms with Gasteiger partial charge in [-0.3, -0.25) is 9.59 Å². The van der Waals surface area contributed by atoms with Gasteiger partial charge in [-0.25, -0.2) is 4.98 Å². The molecule has 1 saturated carbocycles. The third-order valence-corrected chi connectivity index (χ3v) is 7.07. The van der Waals surface area contributed by atoms with Crippen molar-refractivity contribution < 1.29 is 19.1 Å². The second-order valence-electron chi connectivity index (χ2n) is 8.30. The van der Waals surface area contributed by atoms with Crippen LogP contribution in [0.5, 0.6) is 5.75 Å². The van der Waals surface area contributed by atoms with Crippen molar-refractivity contribution in [3.8, 4) is 5.75 Å². The number of methoxy groups -OCH3 is 1. The molecule has 1 aliphatic rings. The maximum atomic E-state index is 13.2. The fraction of sp³-hybridized carbons (Fsp3) is 0.400. The Morgan fingerprint density at radius 2 is 1.91 bits per heavy atom. The summed E-state index contributed by atoms with van der Waals surface area (Å²) in [5, 5.41) is 3.76. The second kappa shape index (κ2) is 10.1. The fourth-order valence-electron chi connectivity index (χ4n) is 4.28. The van der Waals surface area contributed by atoms with E-state index >= 15 is 0 Å². The van der Waals surface area contributed by atoms with E-state index in [4.69, 9.17) is 14.5 Å². The molecule has 1 fully saturated rings. The minimum absolute atomic E-state index is 0.273. The molecule has 0 saturated heterocycles. The minimum Gasteiger partial charge on any atom is -0.497 e. The number of aromatic nitrogens is 1. The van der Waals surface area contributed by atoms with Crippen LogP contribution in [-0.2, 0) is 27.3 Å². The molecule has 1 aliphatic carbocycles. The number of esters is 1. The number of carbonyl (C=O) groups is 2. The van der Waals surface area contributed by atoms with Crippen molar-refractivity contribution in [2.24, 2.45) is 5.41 Å². The zero-order chi connectivity index (χ0) is 22.4. The highest BCUT2D eigenvalue weighted by atomic mass is 32.1. The highest BCUT2D eigenvalue weighted by Gasteiger charge is 2.42. The maximum absolute atomic E-state index is 13.2. The lowest BCUT2D eigenvalue weighted by atomic mass is 9.72. The van der Waals surface area contributed by atoms with Gasteiger partial charge in [0, 0.05) is 13.0 Å². The van der Waals surface area contributed by atoms with E-state index in [9.17, 15) is 9.59 Å². The summed E-state index contributed by atoms with van der Waals surface area (Å²) in [6.07, 6.45) is 5.21. The van der Waals surface area contributed by atoms with Crippen molar-refractivity contribution in [3.63, 3.8) is 0 Å². The van der Waals surface area contributed by atoms with Gasteiger partial charge in [-0.05, 0) is 42.7 Å². The quantitative estimate of drug-likeness (QED) is 0.503. The average molecular weight is 453 g/mol. The third kappa shape index (κ3) is 5.27. The molecule has 4 rings (SSSR count). The van der Waals surface area contributed by atoms with Crippen LogP contribution in [-0.4, -0.2) is 30.6 Å². The Balaban J connectivity index is 1.36. The largest absolute Gasteiger partial charge is 0.497 e. The lowest BCUT2D eigenvalue weighted by molar-refractivity contribution is -0.161. The lowest BCUT2D eigenvalue weighted by Crippen LogP contribution is -2.39. The number of fused-ring (bicyclic) bond motifs is 1. The molecule has 1 aromatic heterocycles. The van der Waals surface area contributed by atoms with Gasteiger partial charge in [-0.15, -0.1) is 11.3 Å². The first-order valence-corrected chi connectivity index (χ1v) is 11.8. The number of amides is 1. The van der Waals surface area contributed by atoms with Gasteiger partial charge in [0.1, 0.15) is 5.75 Å². The number of benzene rings is 2. The Morgan fingerprint density at radius 3 is 2.69 bits per heavy atom. The summed E-state index contributed by atoms with van der Waals surface area (Å²) in [4.78, 5) is 30.2. The molecule has 32 heavy (non-hydrogen) atoms. The van der Waals surface area contributed by atoms with Gasteiger partial charge in [0.25, 0.3) is 5.91 Å². The number of ether oxygens (including phenoxy) is 2. The molecule has 2 aromatic carbocycles. The molecule has 0 atom stereocenters. The smallest absolute Gasteiger partial charge is 0.313 e. The molecule has 1 amide bonds. The van der Waals surface area contributed by atoms with E-state index < -0.39 is 5.41 Å². The Hall–Kier alpha value is -2.93. The number of thiazole rings is 1. The van der Waals surface area contributed by atoms with E-state index in [1.165, 1.54) is 0 Å². The van der Waals surface area contributed by atoms with Gasteiger partial charge in [-0.1, -0.05) is 43.5 Å². The molecular weight excluding hydrogens is 424 g/mol. The van der Waals surface area contributed by atoms with E-state index in [1.54, 1.807) is 18.4 Å². The van der Waals surface area contributed by atoms with Crippen LogP contribution < -0.4 is 10.1 Å². The van der Waals surface area contributed by atoms with E-state index in [2.05, 4.69) is 11.4 Å². The van der Waals surface area contributed by atoms with Crippen molar-refractivity contribution in [1.82, 2.24) is 10.3 Å². The van der Waals surface area contributed by atoms with Crippen LogP contribution in [0.3, 0.4) is 0 Å². The summed E-state index contributed by atoms with van der Waals surface area (Å²) in [7, 11) is 1.60. The summed E-state index contributed by atoms with van der Waals surface area (Å²) >= 11 is 1.63. The zero-order valence-electron chi connectivity index (χ0n) is 18.3. The van der Waals surface area contributed by atoms with Crippen molar-refractivity contribution in [3.05, 3.63) is 59.1 Å². The molecule has 6 nitrogen and oxygen atoms in total. The van der Waals surface area contributed by atoms with Crippen LogP contribution in [0.1, 0.15) is 42.7 Å². The van der Waals surface area contributed by atoms with Gasteiger partial charge in [0.05, 0.1) is 27.7 Å². The van der Waals surface area contributed by atoms with Crippen LogP contribution in [0.2, 0.25) is 0 Å². The monoisotopic (exact) mass is 452 g/mol. The molecule has 7 heteroatoms. The van der Waals surface area contributed by atoms with E-state index in [1.807, 2.05) is 42.5 Å². The topological polar surface area (TPSA) is 77.5 Å². The summed E-state index contributed by atoms with van der Waals surface area (Å²) in [5.41, 5.74) is 1.28. The van der Waals surface area contributed by atoms with E-state index in [-0.39, 0.29) is 18.5 Å². The van der Waals surface area contributed by atoms with Crippen molar-refractivity contribution in [2.45, 2.75) is 45.1 Å². The first-order valence-electron chi connectivity index (χ1n) is 11.0. The molecule has 0 bridgehead atoms. The number of hydrogen-bond donors (Lipinski definition) is 1. The molecule has 0 aliphatic heterocycles. The SMILES string of the molecule is COc1cccc(CNC(=O)COC(=O)C2(Cc3nc4ccccc4s3)CCCCC2)c1. The first-order chi connectivity index (χ1) is 15.6. The Labute approximate surface area is 192 Å². The standard InChI is InChI=1S/C25H28N2O4S/c1-30-19-9-7-8-18(14-19)16-26-22(28)17-31-24(29)25(12-5-2-6-13-25)15-23-27-20-10-3-4-11-21(20)32-23/h3-4,7-11,14H,2,5-6,12-13,15-17H2,1H3,(H,26,28). The van der Waals surface area contributed by atoms with E-state index in [0.29, 0.717) is 13.0 Å². The number of hydrogen-bond acceptors (Lipinski definition) is 6. The molecule has 0 radical (unpaired) electrons. The zero-order valence-corrected chi connectivity index (χ0v) is 19.1. The minimum atomic E-state index is -0.598. The normalized spacial score (nSPS) is 15.3. The van der Waals surface area contributed by atoms with Crippen LogP contribution >= 0.6 is 11.3 Å². The number of nitrogens with one attached hydrogen (secondary N) is 1. The summed E-state index contributed by atoms with van der Waals surface area (Å²) in [6, 6.07) is 15.5. The highest BCUT2D eigenvalue weighted by molar-refractivity contribution is 7.18. The predicted molar refractivity (Wildman–Crippen MR) is 125 cm³/mol. The van der Waals surface area contributed by atoms with Crippen LogP contribution in [0.15, 0.2) is 48.5 Å². The molecule has 3 aromatic rings. The third-order valence-electron chi connectivity index (χ3n) is 6.03. The summed E-state index contributed by atoms with van der Waals surface area (Å²) < 4.78 is 11.9. The number of nitrogens with zero attached hydrogens (tertiary/aromatic N) is 1. The Bertz CT molecular complexity index is 1060. The molecule has 0 unspecified atom stereocenters. The summed E-state index contributed by atoms with van der Waals surface area (Å²) in [6.45, 7) is 0.0782. The van der Waals surface area contributed by atoms with Crippen LogP contribution in [0, 0.1) is 5.41 Å². The second-order valence-corrected chi connectivity index (χ2v) is 9.41. The van der Waals surface area contributed by atoms with Crippen molar-refractivity contribution >= 4 is 33.4 Å². The number of rotatable bonds is 8. The van der Waals surface area contributed by atoms with Crippen LogP contribution in [0.25, 0.3) is 10.2 Å². The van der Waals surface area contributed by atoms with Crippen molar-refractivity contribution in [2.75, 3.05) is 13.7 Å². The fourth-order valence-corrected chi connectivity index (χ4v) is 5.40. The van der Waals surface area contributed by atoms with Gasteiger partial charge >= 0.3 is 5.97 Å².